The van der Waals surface area contributed by atoms with Crippen molar-refractivity contribution in [3.05, 3.63) is 59.9 Å². The number of benzene rings is 1. The number of hydrogen-bond acceptors (Lipinski definition) is 6. The molecule has 0 spiro atoms. The lowest BCUT2D eigenvalue weighted by molar-refractivity contribution is 0.0620. The summed E-state index contributed by atoms with van der Waals surface area (Å²) in [5.74, 6) is 0.0686. The minimum absolute atomic E-state index is 0.0686. The van der Waals surface area contributed by atoms with Crippen molar-refractivity contribution in [1.82, 2.24) is 24.6 Å². The molecule has 0 bridgehead atoms. The molecule has 2 saturated heterocycles. The first kappa shape index (κ1) is 20.2. The average molecular weight is 437 g/mol. The maximum atomic E-state index is 13.3. The van der Waals surface area contributed by atoms with Gasteiger partial charge in [0.25, 0.3) is 5.91 Å². The van der Waals surface area contributed by atoms with Gasteiger partial charge in [0, 0.05) is 52.0 Å². The number of carbonyl (C=O) groups excluding carboxylic acids is 1. The topological polar surface area (TPSA) is 57.5 Å². The largest absolute Gasteiger partial charge is 0.347 e. The Labute approximate surface area is 186 Å². The summed E-state index contributed by atoms with van der Waals surface area (Å²) in [6.07, 6.45) is 5.62. The molecule has 2 aromatic heterocycles. The highest BCUT2D eigenvalue weighted by Gasteiger charge is 2.25. The van der Waals surface area contributed by atoms with Crippen LogP contribution in [0.5, 0.6) is 0 Å². The predicted octanol–water partition coefficient (Wildman–Crippen LogP) is 3.28. The van der Waals surface area contributed by atoms with E-state index in [0.717, 1.165) is 56.1 Å². The second-order valence-corrected chi connectivity index (χ2v) is 9.17. The van der Waals surface area contributed by atoms with E-state index < -0.39 is 0 Å². The number of rotatable bonds is 5. The van der Waals surface area contributed by atoms with E-state index in [0.29, 0.717) is 5.69 Å². The third kappa shape index (κ3) is 4.50. The third-order valence-electron chi connectivity index (χ3n) is 6.11. The Bertz CT molecular complexity index is 1000. The zero-order chi connectivity index (χ0) is 21.0. The van der Waals surface area contributed by atoms with Crippen LogP contribution in [0.3, 0.4) is 0 Å². The minimum Gasteiger partial charge on any atom is -0.347 e. The monoisotopic (exact) mass is 436 g/mol. The Hall–Kier alpha value is -2.71. The quantitative estimate of drug-likeness (QED) is 0.614. The lowest BCUT2D eigenvalue weighted by Crippen LogP contribution is -2.48. The maximum absolute atomic E-state index is 13.3. The number of carbonyl (C=O) groups is 1. The van der Waals surface area contributed by atoms with Gasteiger partial charge >= 0.3 is 0 Å². The molecule has 31 heavy (non-hydrogen) atoms. The Balaban J connectivity index is 1.23. The third-order valence-corrected chi connectivity index (χ3v) is 7.10. The molecule has 0 N–H and O–H groups in total. The molecule has 2 aliphatic heterocycles. The van der Waals surface area contributed by atoms with Gasteiger partial charge in [-0.15, -0.1) is 10.2 Å². The second kappa shape index (κ2) is 9.20. The predicted molar refractivity (Wildman–Crippen MR) is 123 cm³/mol. The summed E-state index contributed by atoms with van der Waals surface area (Å²) in [5, 5.41) is 10.5. The van der Waals surface area contributed by atoms with Gasteiger partial charge in [-0.3, -0.25) is 14.3 Å². The lowest BCUT2D eigenvalue weighted by Gasteiger charge is -2.34. The molecule has 1 amide bonds. The fraction of sp³-hybridized carbons (Fsp3) is 0.435. The fourth-order valence-corrected chi connectivity index (χ4v) is 5.25. The normalized spacial score (nSPS) is 17.8. The molecule has 3 aromatic rings. The smallest absolute Gasteiger partial charge is 0.270 e. The zero-order valence-corrected chi connectivity index (χ0v) is 18.5. The fourth-order valence-electron chi connectivity index (χ4n) is 4.35. The van der Waals surface area contributed by atoms with Crippen LogP contribution in [0, 0.1) is 0 Å². The van der Waals surface area contributed by atoms with E-state index in [2.05, 4.69) is 44.3 Å². The summed E-state index contributed by atoms with van der Waals surface area (Å²) in [6.45, 7) is 6.28. The number of hydrogen-bond donors (Lipinski definition) is 0. The Morgan fingerprint density at radius 1 is 0.839 bits per heavy atom. The highest BCUT2D eigenvalue weighted by Crippen LogP contribution is 2.27. The van der Waals surface area contributed by atoms with E-state index in [-0.39, 0.29) is 5.91 Å². The van der Waals surface area contributed by atoms with Crippen LogP contribution in [0.4, 0.5) is 5.13 Å². The van der Waals surface area contributed by atoms with Gasteiger partial charge in [0.15, 0.2) is 0 Å². The molecule has 8 heteroatoms. The molecule has 0 aliphatic carbocycles. The van der Waals surface area contributed by atoms with Crippen molar-refractivity contribution in [2.75, 3.05) is 44.2 Å². The molecule has 2 fully saturated rings. The highest BCUT2D eigenvalue weighted by atomic mass is 32.1. The summed E-state index contributed by atoms with van der Waals surface area (Å²) < 4.78 is 1.89. The van der Waals surface area contributed by atoms with E-state index in [1.807, 2.05) is 33.9 Å². The molecule has 4 heterocycles. The van der Waals surface area contributed by atoms with E-state index in [9.17, 15) is 4.79 Å². The Morgan fingerprint density at radius 3 is 2.35 bits per heavy atom. The summed E-state index contributed by atoms with van der Waals surface area (Å²) in [4.78, 5) is 19.9. The molecule has 5 rings (SSSR count). The standard InChI is InChI=1S/C23H28N6OS/c30-21(27-16-14-26(15-17-27)18-19-8-3-1-4-9-19)20-10-7-13-29(20)23-25-24-22(31-23)28-11-5-2-6-12-28/h1,3-4,7-10,13H,2,5-6,11-12,14-18H2. The van der Waals surface area contributed by atoms with Crippen molar-refractivity contribution in [2.45, 2.75) is 25.8 Å². The van der Waals surface area contributed by atoms with Crippen LogP contribution in [0.1, 0.15) is 35.3 Å². The van der Waals surface area contributed by atoms with Gasteiger partial charge in [-0.1, -0.05) is 41.7 Å². The molecular weight excluding hydrogens is 408 g/mol. The van der Waals surface area contributed by atoms with Crippen molar-refractivity contribution in [3.8, 4) is 5.13 Å². The van der Waals surface area contributed by atoms with E-state index in [4.69, 9.17) is 0 Å². The van der Waals surface area contributed by atoms with Crippen molar-refractivity contribution >= 4 is 22.4 Å². The van der Waals surface area contributed by atoms with E-state index >= 15 is 0 Å². The SMILES string of the molecule is O=C(c1cccn1-c1nnc(N2CCCCC2)s1)N1CCN(Cc2ccccc2)CC1. The Morgan fingerprint density at radius 2 is 1.58 bits per heavy atom. The molecule has 0 atom stereocenters. The summed E-state index contributed by atoms with van der Waals surface area (Å²) in [5.41, 5.74) is 1.98. The first-order valence-electron chi connectivity index (χ1n) is 11.1. The molecule has 1 aromatic carbocycles. The summed E-state index contributed by atoms with van der Waals surface area (Å²) in [6, 6.07) is 14.3. The van der Waals surface area contributed by atoms with Crippen LogP contribution in [0.2, 0.25) is 0 Å². The lowest BCUT2D eigenvalue weighted by atomic mass is 10.1. The van der Waals surface area contributed by atoms with E-state index in [1.165, 1.54) is 24.8 Å². The second-order valence-electron chi connectivity index (χ2n) is 8.23. The molecule has 7 nitrogen and oxygen atoms in total. The van der Waals surface area contributed by atoms with Crippen LogP contribution >= 0.6 is 11.3 Å². The molecule has 0 radical (unpaired) electrons. The van der Waals surface area contributed by atoms with Gasteiger partial charge in [-0.2, -0.15) is 0 Å². The molecule has 0 unspecified atom stereocenters. The van der Waals surface area contributed by atoms with Crippen molar-refractivity contribution < 1.29 is 4.79 Å². The molecule has 162 valence electrons. The average Bonchev–Trinajstić information content (AvgIpc) is 3.50. The number of nitrogens with zero attached hydrogens (tertiary/aromatic N) is 6. The van der Waals surface area contributed by atoms with Crippen LogP contribution in [0.15, 0.2) is 48.7 Å². The zero-order valence-electron chi connectivity index (χ0n) is 17.7. The van der Waals surface area contributed by atoms with Crippen molar-refractivity contribution in [1.29, 1.82) is 0 Å². The maximum Gasteiger partial charge on any atom is 0.270 e. The number of anilines is 1. The van der Waals surface area contributed by atoms with Crippen LogP contribution in [-0.2, 0) is 6.54 Å². The van der Waals surface area contributed by atoms with Gasteiger partial charge < -0.3 is 9.80 Å². The molecule has 2 aliphatic rings. The van der Waals surface area contributed by atoms with Crippen LogP contribution in [0.25, 0.3) is 5.13 Å². The summed E-state index contributed by atoms with van der Waals surface area (Å²) >= 11 is 1.56. The van der Waals surface area contributed by atoms with Crippen molar-refractivity contribution in [2.24, 2.45) is 0 Å². The number of aromatic nitrogens is 3. The molecule has 0 saturated carbocycles. The number of amides is 1. The van der Waals surface area contributed by atoms with Crippen LogP contribution in [-0.4, -0.2) is 69.7 Å². The first-order valence-corrected chi connectivity index (χ1v) is 11.9. The molecular formula is C23H28N6OS. The number of piperazine rings is 1. The minimum atomic E-state index is 0.0686. The van der Waals surface area contributed by atoms with E-state index in [1.54, 1.807) is 11.3 Å². The highest BCUT2D eigenvalue weighted by molar-refractivity contribution is 7.17. The first-order chi connectivity index (χ1) is 15.3. The van der Waals surface area contributed by atoms with Gasteiger partial charge in [0.05, 0.1) is 0 Å². The van der Waals surface area contributed by atoms with Gasteiger partial charge in [-0.05, 0) is 37.0 Å². The van der Waals surface area contributed by atoms with Gasteiger partial charge in [-0.25, -0.2) is 0 Å². The van der Waals surface area contributed by atoms with Crippen molar-refractivity contribution in [3.63, 3.8) is 0 Å². The Kier molecular flexibility index (Phi) is 5.99. The van der Waals surface area contributed by atoms with Gasteiger partial charge in [0.2, 0.25) is 10.3 Å². The van der Waals surface area contributed by atoms with Crippen LogP contribution < -0.4 is 4.90 Å². The van der Waals surface area contributed by atoms with Gasteiger partial charge in [0.1, 0.15) is 5.69 Å². The number of piperidine rings is 1. The summed E-state index contributed by atoms with van der Waals surface area (Å²) in [7, 11) is 0.